The molecule has 0 atom stereocenters. The molecule has 30 heavy (non-hydrogen) atoms. The maximum atomic E-state index is 12.4. The van der Waals surface area contributed by atoms with Gasteiger partial charge >= 0.3 is 0 Å². The lowest BCUT2D eigenvalue weighted by Crippen LogP contribution is -2.38. The van der Waals surface area contributed by atoms with Crippen molar-refractivity contribution in [1.82, 2.24) is 20.1 Å². The zero-order chi connectivity index (χ0) is 20.6. The van der Waals surface area contributed by atoms with Gasteiger partial charge in [0.2, 0.25) is 11.9 Å². The lowest BCUT2D eigenvalue weighted by atomic mass is 9.87. The van der Waals surface area contributed by atoms with Gasteiger partial charge in [0, 0.05) is 19.6 Å². The molecular formula is C21H31N5O3S. The molecule has 164 valence electrons. The number of hydrogen-bond acceptors (Lipinski definition) is 7. The summed E-state index contributed by atoms with van der Waals surface area (Å²) in [5.41, 5.74) is 0. The summed E-state index contributed by atoms with van der Waals surface area (Å²) < 4.78 is 13.0. The van der Waals surface area contributed by atoms with Crippen LogP contribution >= 0.6 is 11.8 Å². The van der Waals surface area contributed by atoms with Crippen LogP contribution in [0.15, 0.2) is 28.0 Å². The molecule has 1 saturated carbocycles. The summed E-state index contributed by atoms with van der Waals surface area (Å²) in [6.07, 6.45) is 9.42. The molecule has 2 fully saturated rings. The number of aromatic nitrogens is 3. The molecule has 1 aliphatic heterocycles. The summed E-state index contributed by atoms with van der Waals surface area (Å²) in [7, 11) is 0. The number of ether oxygens (including phenoxy) is 1. The average molecular weight is 434 g/mol. The van der Waals surface area contributed by atoms with Crippen molar-refractivity contribution in [3.05, 3.63) is 24.2 Å². The van der Waals surface area contributed by atoms with E-state index in [0.717, 1.165) is 48.8 Å². The van der Waals surface area contributed by atoms with Crippen LogP contribution < -0.4 is 10.2 Å². The monoisotopic (exact) mass is 433 g/mol. The SMILES string of the molecule is O=C(CSc1nnc(N2CCOCC2)n1Cc1ccco1)NCCC1CCCCC1. The Hall–Kier alpha value is -2.00. The third-order valence-corrected chi connectivity index (χ3v) is 6.78. The van der Waals surface area contributed by atoms with Gasteiger partial charge in [-0.05, 0) is 24.5 Å². The molecule has 2 aliphatic rings. The number of hydrogen-bond donors (Lipinski definition) is 1. The van der Waals surface area contributed by atoms with E-state index in [-0.39, 0.29) is 5.91 Å². The maximum Gasteiger partial charge on any atom is 0.230 e. The molecule has 2 aromatic heterocycles. The molecule has 0 spiro atoms. The van der Waals surface area contributed by atoms with Crippen molar-refractivity contribution in [2.45, 2.75) is 50.2 Å². The van der Waals surface area contributed by atoms with Gasteiger partial charge in [-0.25, -0.2) is 0 Å². The molecule has 4 rings (SSSR count). The Morgan fingerprint density at radius 2 is 2.03 bits per heavy atom. The number of carbonyl (C=O) groups excluding carboxylic acids is 1. The fourth-order valence-corrected chi connectivity index (χ4v) is 4.92. The first kappa shape index (κ1) is 21.2. The Labute approximate surface area is 181 Å². The topological polar surface area (TPSA) is 85.4 Å². The molecule has 8 nitrogen and oxygen atoms in total. The van der Waals surface area contributed by atoms with Crippen LogP contribution in [0.5, 0.6) is 0 Å². The van der Waals surface area contributed by atoms with Crippen LogP contribution in [0.3, 0.4) is 0 Å². The van der Waals surface area contributed by atoms with Crippen LogP contribution in [0.2, 0.25) is 0 Å². The highest BCUT2D eigenvalue weighted by molar-refractivity contribution is 7.99. The van der Waals surface area contributed by atoms with E-state index in [1.165, 1.54) is 43.9 Å². The third kappa shape index (κ3) is 5.78. The van der Waals surface area contributed by atoms with Crippen LogP contribution in [-0.2, 0) is 16.1 Å². The lowest BCUT2D eigenvalue weighted by Gasteiger charge is -2.27. The van der Waals surface area contributed by atoms with Gasteiger partial charge in [-0.15, -0.1) is 10.2 Å². The third-order valence-electron chi connectivity index (χ3n) is 5.82. The highest BCUT2D eigenvalue weighted by Gasteiger charge is 2.22. The Kier molecular flexibility index (Phi) is 7.69. The Morgan fingerprint density at radius 1 is 1.20 bits per heavy atom. The zero-order valence-corrected chi connectivity index (χ0v) is 18.2. The second kappa shape index (κ2) is 10.9. The lowest BCUT2D eigenvalue weighted by molar-refractivity contribution is -0.118. The van der Waals surface area contributed by atoms with Gasteiger partial charge in [0.1, 0.15) is 5.76 Å². The zero-order valence-electron chi connectivity index (χ0n) is 17.4. The summed E-state index contributed by atoms with van der Waals surface area (Å²) in [5, 5.41) is 12.6. The van der Waals surface area contributed by atoms with Crippen LogP contribution in [-0.4, -0.2) is 59.3 Å². The molecule has 2 aromatic rings. The van der Waals surface area contributed by atoms with Crippen LogP contribution in [0.25, 0.3) is 0 Å². The molecule has 0 aromatic carbocycles. The van der Waals surface area contributed by atoms with Gasteiger partial charge in [0.05, 0.1) is 31.8 Å². The summed E-state index contributed by atoms with van der Waals surface area (Å²) in [4.78, 5) is 14.5. The number of morpholine rings is 1. The maximum absolute atomic E-state index is 12.4. The molecule has 0 radical (unpaired) electrons. The van der Waals surface area contributed by atoms with E-state index in [9.17, 15) is 4.79 Å². The van der Waals surface area contributed by atoms with E-state index in [2.05, 4.69) is 20.4 Å². The molecule has 0 bridgehead atoms. The smallest absolute Gasteiger partial charge is 0.230 e. The molecule has 1 saturated heterocycles. The minimum atomic E-state index is 0.0521. The van der Waals surface area contributed by atoms with Gasteiger partial charge in [0.25, 0.3) is 0 Å². The minimum absolute atomic E-state index is 0.0521. The van der Waals surface area contributed by atoms with Crippen LogP contribution in [0.4, 0.5) is 5.95 Å². The highest BCUT2D eigenvalue weighted by Crippen LogP contribution is 2.26. The second-order valence-corrected chi connectivity index (χ2v) is 8.92. The average Bonchev–Trinajstić information content (AvgIpc) is 3.44. The van der Waals surface area contributed by atoms with Gasteiger partial charge in [0.15, 0.2) is 5.16 Å². The summed E-state index contributed by atoms with van der Waals surface area (Å²) in [5.74, 6) is 2.80. The quantitative estimate of drug-likeness (QED) is 0.609. The van der Waals surface area contributed by atoms with Crippen LogP contribution in [0.1, 0.15) is 44.3 Å². The number of furan rings is 1. The number of rotatable bonds is 9. The minimum Gasteiger partial charge on any atom is -0.467 e. The Morgan fingerprint density at radius 3 is 2.80 bits per heavy atom. The highest BCUT2D eigenvalue weighted by atomic mass is 32.2. The predicted octanol–water partition coefficient (Wildman–Crippen LogP) is 2.93. The predicted molar refractivity (Wildman–Crippen MR) is 116 cm³/mol. The van der Waals surface area contributed by atoms with Crippen molar-refractivity contribution in [1.29, 1.82) is 0 Å². The number of anilines is 1. The van der Waals surface area contributed by atoms with Gasteiger partial charge in [-0.2, -0.15) is 0 Å². The summed E-state index contributed by atoms with van der Waals surface area (Å²) in [6, 6.07) is 3.82. The first-order valence-corrected chi connectivity index (χ1v) is 12.0. The van der Waals surface area contributed by atoms with E-state index < -0.39 is 0 Å². The largest absolute Gasteiger partial charge is 0.467 e. The van der Waals surface area contributed by atoms with Gasteiger partial charge in [-0.1, -0.05) is 43.9 Å². The van der Waals surface area contributed by atoms with Crippen molar-refractivity contribution >= 4 is 23.6 Å². The van der Waals surface area contributed by atoms with Crippen molar-refractivity contribution < 1.29 is 13.9 Å². The van der Waals surface area contributed by atoms with Crippen LogP contribution in [0, 0.1) is 5.92 Å². The second-order valence-electron chi connectivity index (χ2n) is 7.98. The van der Waals surface area contributed by atoms with Crippen molar-refractivity contribution in [2.75, 3.05) is 43.5 Å². The molecule has 1 amide bonds. The molecular weight excluding hydrogens is 402 g/mol. The summed E-state index contributed by atoms with van der Waals surface area (Å²) >= 11 is 1.43. The first-order chi connectivity index (χ1) is 14.8. The number of amides is 1. The summed E-state index contributed by atoms with van der Waals surface area (Å²) in [6.45, 7) is 4.23. The number of thioether (sulfide) groups is 1. The molecule has 1 N–H and O–H groups in total. The van der Waals surface area contributed by atoms with Crippen molar-refractivity contribution in [3.8, 4) is 0 Å². The molecule has 3 heterocycles. The molecule has 1 aliphatic carbocycles. The molecule has 9 heteroatoms. The van der Waals surface area contributed by atoms with Gasteiger partial charge in [-0.3, -0.25) is 9.36 Å². The van der Waals surface area contributed by atoms with E-state index in [0.29, 0.717) is 25.5 Å². The molecule has 0 unspecified atom stereocenters. The van der Waals surface area contributed by atoms with E-state index in [1.54, 1.807) is 6.26 Å². The number of carbonyl (C=O) groups is 1. The van der Waals surface area contributed by atoms with E-state index >= 15 is 0 Å². The standard InChI is InChI=1S/C21H31N5O3S/c27-19(22-9-8-17-5-2-1-3-6-17)16-30-21-24-23-20(25-10-13-28-14-11-25)26(21)15-18-7-4-12-29-18/h4,7,12,17H,1-3,5-6,8-11,13-16H2,(H,22,27). The Balaban J connectivity index is 1.33. The first-order valence-electron chi connectivity index (χ1n) is 11.0. The van der Waals surface area contributed by atoms with Crippen molar-refractivity contribution in [2.24, 2.45) is 5.92 Å². The number of nitrogens with one attached hydrogen (secondary N) is 1. The van der Waals surface area contributed by atoms with E-state index in [4.69, 9.17) is 9.15 Å². The Bertz CT molecular complexity index is 783. The van der Waals surface area contributed by atoms with Crippen molar-refractivity contribution in [3.63, 3.8) is 0 Å². The fraction of sp³-hybridized carbons (Fsp3) is 0.667. The normalized spacial score (nSPS) is 17.9. The van der Waals surface area contributed by atoms with Gasteiger partial charge < -0.3 is 19.4 Å². The van der Waals surface area contributed by atoms with E-state index in [1.807, 2.05) is 16.7 Å². The number of nitrogens with zero attached hydrogens (tertiary/aromatic N) is 4. The fourth-order valence-electron chi connectivity index (χ4n) is 4.15.